The molecule has 2 unspecified atom stereocenters. The van der Waals surface area contributed by atoms with E-state index >= 15 is 0 Å². The van der Waals surface area contributed by atoms with Crippen molar-refractivity contribution in [1.29, 1.82) is 0 Å². The van der Waals surface area contributed by atoms with Crippen molar-refractivity contribution >= 4 is 5.91 Å². The normalized spacial score (nSPS) is 26.8. The van der Waals surface area contributed by atoms with Crippen LogP contribution in [0.4, 0.5) is 0 Å². The van der Waals surface area contributed by atoms with Crippen LogP contribution in [0.1, 0.15) is 33.1 Å². The van der Waals surface area contributed by atoms with E-state index in [0.717, 1.165) is 6.54 Å². The zero-order chi connectivity index (χ0) is 9.84. The molecule has 2 atom stereocenters. The van der Waals surface area contributed by atoms with E-state index in [-0.39, 0.29) is 11.9 Å². The zero-order valence-corrected chi connectivity index (χ0v) is 8.42. The molecule has 4 nitrogen and oxygen atoms in total. The monoisotopic (exact) mass is 185 g/mol. The first kappa shape index (κ1) is 10.5. The Hall–Kier alpha value is -0.610. The number of nitrogens with two attached hydrogens (primary N) is 1. The van der Waals surface area contributed by atoms with Gasteiger partial charge in [-0.3, -0.25) is 15.1 Å². The van der Waals surface area contributed by atoms with Gasteiger partial charge in [0.2, 0.25) is 0 Å². The molecule has 1 aliphatic rings. The molecular formula is C9H19N3O. The molecule has 1 fully saturated rings. The number of hydrazine groups is 1. The van der Waals surface area contributed by atoms with Crippen molar-refractivity contribution in [3.05, 3.63) is 0 Å². The highest BCUT2D eigenvalue weighted by Crippen LogP contribution is 2.18. The lowest BCUT2D eigenvalue weighted by Crippen LogP contribution is -2.52. The van der Waals surface area contributed by atoms with Gasteiger partial charge in [-0.1, -0.05) is 6.42 Å². The van der Waals surface area contributed by atoms with E-state index in [0.29, 0.717) is 6.04 Å². The SMILES string of the molecule is CC1CCCCN1C(C)C(=O)NN. The molecule has 1 amide bonds. The van der Waals surface area contributed by atoms with Crippen molar-refractivity contribution in [1.82, 2.24) is 10.3 Å². The van der Waals surface area contributed by atoms with Gasteiger partial charge in [-0.25, -0.2) is 5.84 Å². The van der Waals surface area contributed by atoms with Crippen LogP contribution in [0.25, 0.3) is 0 Å². The van der Waals surface area contributed by atoms with Crippen LogP contribution in [0, 0.1) is 0 Å². The highest BCUT2D eigenvalue weighted by Gasteiger charge is 2.26. The molecule has 1 rings (SSSR count). The van der Waals surface area contributed by atoms with Crippen molar-refractivity contribution < 1.29 is 4.79 Å². The molecule has 0 aromatic heterocycles. The molecule has 76 valence electrons. The molecule has 0 aliphatic carbocycles. The smallest absolute Gasteiger partial charge is 0.250 e. The summed E-state index contributed by atoms with van der Waals surface area (Å²) < 4.78 is 0. The largest absolute Gasteiger partial charge is 0.293 e. The third kappa shape index (κ3) is 2.42. The number of rotatable bonds is 2. The average molecular weight is 185 g/mol. The van der Waals surface area contributed by atoms with Crippen molar-refractivity contribution in [3.8, 4) is 0 Å². The molecule has 0 spiro atoms. The van der Waals surface area contributed by atoms with Gasteiger partial charge in [0.25, 0.3) is 5.91 Å². The second kappa shape index (κ2) is 4.58. The maximum Gasteiger partial charge on any atom is 0.250 e. The molecule has 3 N–H and O–H groups in total. The van der Waals surface area contributed by atoms with Crippen LogP contribution in [0.5, 0.6) is 0 Å². The fourth-order valence-electron chi connectivity index (χ4n) is 1.97. The van der Waals surface area contributed by atoms with Gasteiger partial charge in [-0.15, -0.1) is 0 Å². The molecule has 0 bridgehead atoms. The van der Waals surface area contributed by atoms with Gasteiger partial charge in [0.15, 0.2) is 0 Å². The Morgan fingerprint density at radius 3 is 2.85 bits per heavy atom. The van der Waals surface area contributed by atoms with Crippen LogP contribution in [0.15, 0.2) is 0 Å². The maximum atomic E-state index is 11.3. The minimum atomic E-state index is -0.0969. The van der Waals surface area contributed by atoms with Gasteiger partial charge >= 0.3 is 0 Å². The second-order valence-electron chi connectivity index (χ2n) is 3.77. The predicted molar refractivity (Wildman–Crippen MR) is 51.8 cm³/mol. The van der Waals surface area contributed by atoms with Gasteiger partial charge in [-0.2, -0.15) is 0 Å². The number of hydrogen-bond acceptors (Lipinski definition) is 3. The Kier molecular flexibility index (Phi) is 3.69. The summed E-state index contributed by atoms with van der Waals surface area (Å²) in [5, 5.41) is 0. The molecule has 0 saturated carbocycles. The molecule has 0 aromatic carbocycles. The summed E-state index contributed by atoms with van der Waals surface area (Å²) in [6.45, 7) is 5.08. The Morgan fingerprint density at radius 2 is 2.31 bits per heavy atom. The van der Waals surface area contributed by atoms with Gasteiger partial charge in [-0.05, 0) is 33.2 Å². The van der Waals surface area contributed by atoms with Gasteiger partial charge in [0, 0.05) is 6.04 Å². The fraction of sp³-hybridized carbons (Fsp3) is 0.889. The molecule has 0 radical (unpaired) electrons. The van der Waals surface area contributed by atoms with E-state index in [1.165, 1.54) is 19.3 Å². The van der Waals surface area contributed by atoms with E-state index in [1.54, 1.807) is 0 Å². The summed E-state index contributed by atoms with van der Waals surface area (Å²) in [5.74, 6) is 5.01. The summed E-state index contributed by atoms with van der Waals surface area (Å²) in [6.07, 6.45) is 3.64. The lowest BCUT2D eigenvalue weighted by Gasteiger charge is -2.36. The Bertz CT molecular complexity index is 184. The lowest BCUT2D eigenvalue weighted by atomic mass is 10.0. The average Bonchev–Trinajstić information content (AvgIpc) is 2.16. The van der Waals surface area contributed by atoms with Gasteiger partial charge in [0.1, 0.15) is 0 Å². The first-order valence-corrected chi connectivity index (χ1v) is 4.93. The van der Waals surface area contributed by atoms with E-state index in [4.69, 9.17) is 5.84 Å². The zero-order valence-electron chi connectivity index (χ0n) is 8.42. The first-order valence-electron chi connectivity index (χ1n) is 4.93. The van der Waals surface area contributed by atoms with Crippen molar-refractivity contribution in [2.75, 3.05) is 6.54 Å². The number of nitrogens with zero attached hydrogens (tertiary/aromatic N) is 1. The van der Waals surface area contributed by atoms with Crippen molar-refractivity contribution in [2.45, 2.75) is 45.2 Å². The van der Waals surface area contributed by atoms with Crippen molar-refractivity contribution in [3.63, 3.8) is 0 Å². The standard InChI is InChI=1S/C9H19N3O/c1-7-5-3-4-6-12(7)8(2)9(13)11-10/h7-8H,3-6,10H2,1-2H3,(H,11,13). The summed E-state index contributed by atoms with van der Waals surface area (Å²) in [6, 6.07) is 0.404. The molecular weight excluding hydrogens is 166 g/mol. The van der Waals surface area contributed by atoms with Crippen LogP contribution in [0.3, 0.4) is 0 Å². The second-order valence-corrected chi connectivity index (χ2v) is 3.77. The Labute approximate surface area is 79.4 Å². The third-order valence-electron chi connectivity index (χ3n) is 2.87. The van der Waals surface area contributed by atoms with E-state index in [2.05, 4.69) is 17.2 Å². The third-order valence-corrected chi connectivity index (χ3v) is 2.87. The van der Waals surface area contributed by atoms with Gasteiger partial charge in [0.05, 0.1) is 6.04 Å². The number of piperidine rings is 1. The minimum Gasteiger partial charge on any atom is -0.293 e. The van der Waals surface area contributed by atoms with E-state index in [9.17, 15) is 4.79 Å². The maximum absolute atomic E-state index is 11.3. The summed E-state index contributed by atoms with van der Waals surface area (Å²) >= 11 is 0. The number of likely N-dealkylation sites (tertiary alicyclic amines) is 1. The highest BCUT2D eigenvalue weighted by atomic mass is 16.2. The van der Waals surface area contributed by atoms with Crippen LogP contribution in [0.2, 0.25) is 0 Å². The minimum absolute atomic E-state index is 0.0891. The summed E-state index contributed by atoms with van der Waals surface area (Å²) in [4.78, 5) is 13.5. The quantitative estimate of drug-likeness (QED) is 0.368. The molecule has 4 heteroatoms. The Morgan fingerprint density at radius 1 is 1.62 bits per heavy atom. The molecule has 0 aromatic rings. The molecule has 1 saturated heterocycles. The van der Waals surface area contributed by atoms with Crippen molar-refractivity contribution in [2.24, 2.45) is 5.84 Å². The number of amides is 1. The first-order chi connectivity index (χ1) is 6.16. The number of carbonyl (C=O) groups is 1. The highest BCUT2D eigenvalue weighted by molar-refractivity contribution is 5.80. The van der Waals surface area contributed by atoms with Crippen LogP contribution < -0.4 is 11.3 Å². The fourth-order valence-corrected chi connectivity index (χ4v) is 1.97. The predicted octanol–water partition coefficient (Wildman–Crippen LogP) is 0.239. The number of carbonyl (C=O) groups excluding carboxylic acids is 1. The van der Waals surface area contributed by atoms with Crippen LogP contribution in [-0.2, 0) is 4.79 Å². The summed E-state index contributed by atoms with van der Waals surface area (Å²) in [7, 11) is 0. The van der Waals surface area contributed by atoms with Crippen LogP contribution in [-0.4, -0.2) is 29.4 Å². The van der Waals surface area contributed by atoms with E-state index < -0.39 is 0 Å². The van der Waals surface area contributed by atoms with Gasteiger partial charge < -0.3 is 0 Å². The van der Waals surface area contributed by atoms with Crippen LogP contribution >= 0.6 is 0 Å². The molecule has 13 heavy (non-hydrogen) atoms. The number of hydrogen-bond donors (Lipinski definition) is 2. The van der Waals surface area contributed by atoms with E-state index in [1.807, 2.05) is 6.92 Å². The molecule has 1 aliphatic heterocycles. The topological polar surface area (TPSA) is 58.4 Å². The summed E-state index contributed by atoms with van der Waals surface area (Å²) in [5.41, 5.74) is 2.20. The lowest BCUT2D eigenvalue weighted by molar-refractivity contribution is -0.127. The molecule has 1 heterocycles. The number of nitrogens with one attached hydrogen (secondary N) is 1. The Balaban J connectivity index is 2.53.